The summed E-state index contributed by atoms with van der Waals surface area (Å²) in [6.07, 6.45) is 3.34. The maximum atomic E-state index is 12.0. The molecule has 0 heterocycles. The van der Waals surface area contributed by atoms with Gasteiger partial charge in [-0.2, -0.15) is 0 Å². The van der Waals surface area contributed by atoms with Crippen LogP contribution in [0.3, 0.4) is 0 Å². The van der Waals surface area contributed by atoms with Crippen LogP contribution in [0, 0.1) is 10.1 Å². The van der Waals surface area contributed by atoms with Crippen molar-refractivity contribution in [3.63, 3.8) is 0 Å². The number of nitrogens with one attached hydrogen (secondary N) is 2. The van der Waals surface area contributed by atoms with E-state index in [-0.39, 0.29) is 23.0 Å². The van der Waals surface area contributed by atoms with Gasteiger partial charge in [0, 0.05) is 11.8 Å². The Hall–Kier alpha value is -1.86. The van der Waals surface area contributed by atoms with E-state index in [1.165, 1.54) is 18.2 Å². The van der Waals surface area contributed by atoms with Crippen molar-refractivity contribution in [1.82, 2.24) is 5.32 Å². The van der Waals surface area contributed by atoms with Crippen LogP contribution in [-0.2, 0) is 0 Å². The van der Waals surface area contributed by atoms with Crippen molar-refractivity contribution < 1.29 is 14.8 Å². The number of nitrogens with zero attached hydrogens (tertiary/aromatic N) is 1. The largest absolute Gasteiger partial charge is 0.394 e. The van der Waals surface area contributed by atoms with Gasteiger partial charge >= 0.3 is 6.03 Å². The number of halogens is 1. The molecule has 0 atom stereocenters. The third-order valence-corrected chi connectivity index (χ3v) is 3.96. The highest BCUT2D eigenvalue weighted by atomic mass is 35.5. The van der Waals surface area contributed by atoms with E-state index in [4.69, 9.17) is 11.6 Å². The molecule has 8 heteroatoms. The van der Waals surface area contributed by atoms with E-state index in [1.54, 1.807) is 0 Å². The molecule has 1 saturated carbocycles. The monoisotopic (exact) mass is 313 g/mol. The number of aliphatic hydroxyl groups excluding tert-OH is 1. The van der Waals surface area contributed by atoms with E-state index < -0.39 is 16.5 Å². The molecule has 1 fully saturated rings. The molecule has 3 N–H and O–H groups in total. The summed E-state index contributed by atoms with van der Waals surface area (Å²) in [5.41, 5.74) is -0.593. The van der Waals surface area contributed by atoms with E-state index in [9.17, 15) is 20.0 Å². The Morgan fingerprint density at radius 1 is 1.43 bits per heavy atom. The third-order valence-electron chi connectivity index (χ3n) is 3.64. The van der Waals surface area contributed by atoms with Gasteiger partial charge in [0.05, 0.1) is 17.1 Å². The molecular formula is C13H16ClN3O4. The van der Waals surface area contributed by atoms with Gasteiger partial charge in [0.25, 0.3) is 5.69 Å². The summed E-state index contributed by atoms with van der Waals surface area (Å²) in [5.74, 6) is 0. The summed E-state index contributed by atoms with van der Waals surface area (Å²) in [6, 6.07) is 3.53. The summed E-state index contributed by atoms with van der Waals surface area (Å²) in [6.45, 7) is -0.124. The van der Waals surface area contributed by atoms with Crippen LogP contribution in [0.4, 0.5) is 16.2 Å². The number of anilines is 1. The molecule has 2 rings (SSSR count). The van der Waals surface area contributed by atoms with Crippen molar-refractivity contribution in [1.29, 1.82) is 0 Å². The van der Waals surface area contributed by atoms with Crippen LogP contribution in [0.25, 0.3) is 0 Å². The van der Waals surface area contributed by atoms with Gasteiger partial charge in [-0.05, 0) is 25.0 Å². The zero-order valence-electron chi connectivity index (χ0n) is 11.3. The normalized spacial score (nSPS) is 16.5. The molecule has 0 bridgehead atoms. The SMILES string of the molecule is O=C(Nc1ccc(Cl)c([N+](=O)[O-])c1)NC1(CO)CCCC1. The Morgan fingerprint density at radius 3 is 2.67 bits per heavy atom. The number of carbonyl (C=O) groups excluding carboxylic acids is 1. The maximum Gasteiger partial charge on any atom is 0.319 e. The average molecular weight is 314 g/mol. The number of carbonyl (C=O) groups is 1. The predicted molar refractivity (Wildman–Crippen MR) is 78.5 cm³/mol. The highest BCUT2D eigenvalue weighted by molar-refractivity contribution is 6.32. The van der Waals surface area contributed by atoms with Crippen molar-refractivity contribution in [3.05, 3.63) is 33.3 Å². The molecule has 2 amide bonds. The van der Waals surface area contributed by atoms with Gasteiger partial charge in [-0.15, -0.1) is 0 Å². The molecule has 1 aromatic rings. The van der Waals surface area contributed by atoms with Gasteiger partial charge in [-0.3, -0.25) is 10.1 Å². The van der Waals surface area contributed by atoms with E-state index in [2.05, 4.69) is 10.6 Å². The van der Waals surface area contributed by atoms with Crippen molar-refractivity contribution in [2.45, 2.75) is 31.2 Å². The zero-order valence-corrected chi connectivity index (χ0v) is 12.0. The lowest BCUT2D eigenvalue weighted by molar-refractivity contribution is -0.384. The summed E-state index contributed by atoms with van der Waals surface area (Å²) in [4.78, 5) is 22.1. The molecule has 1 aliphatic carbocycles. The molecule has 0 spiro atoms. The Morgan fingerprint density at radius 2 is 2.10 bits per heavy atom. The minimum Gasteiger partial charge on any atom is -0.394 e. The number of hydrogen-bond acceptors (Lipinski definition) is 4. The molecule has 0 unspecified atom stereocenters. The van der Waals surface area contributed by atoms with E-state index in [1.807, 2.05) is 0 Å². The van der Waals surface area contributed by atoms with Crippen LogP contribution in [0.1, 0.15) is 25.7 Å². The summed E-state index contributed by atoms with van der Waals surface area (Å²) >= 11 is 5.71. The second-order valence-electron chi connectivity index (χ2n) is 5.15. The standard InChI is InChI=1S/C13H16ClN3O4/c14-10-4-3-9(7-11(10)17(20)21)15-12(19)16-13(8-18)5-1-2-6-13/h3-4,7,18H,1-2,5-6,8H2,(H2,15,16,19). The summed E-state index contributed by atoms with van der Waals surface area (Å²) < 4.78 is 0. The lowest BCUT2D eigenvalue weighted by Gasteiger charge is -2.27. The highest BCUT2D eigenvalue weighted by Crippen LogP contribution is 2.30. The maximum absolute atomic E-state index is 12.0. The molecule has 7 nitrogen and oxygen atoms in total. The number of aliphatic hydroxyl groups is 1. The molecule has 114 valence electrons. The van der Waals surface area contributed by atoms with Crippen LogP contribution in [0.15, 0.2) is 18.2 Å². The minimum atomic E-state index is -0.613. The molecule has 0 aromatic heterocycles. The van der Waals surface area contributed by atoms with Crippen LogP contribution in [0.2, 0.25) is 5.02 Å². The van der Waals surface area contributed by atoms with Gasteiger partial charge in [0.2, 0.25) is 0 Å². The third kappa shape index (κ3) is 3.62. The van der Waals surface area contributed by atoms with Gasteiger partial charge in [0.15, 0.2) is 0 Å². The first-order valence-electron chi connectivity index (χ1n) is 6.60. The first kappa shape index (κ1) is 15.5. The van der Waals surface area contributed by atoms with Crippen LogP contribution >= 0.6 is 11.6 Å². The Bertz CT molecular complexity index is 558. The second-order valence-corrected chi connectivity index (χ2v) is 5.56. The number of nitro groups is 1. The Balaban J connectivity index is 2.06. The van der Waals surface area contributed by atoms with Crippen LogP contribution in [0.5, 0.6) is 0 Å². The van der Waals surface area contributed by atoms with Gasteiger partial charge < -0.3 is 15.7 Å². The number of rotatable bonds is 4. The van der Waals surface area contributed by atoms with Crippen molar-refractivity contribution in [3.8, 4) is 0 Å². The zero-order chi connectivity index (χ0) is 15.5. The van der Waals surface area contributed by atoms with Crippen molar-refractivity contribution in [2.24, 2.45) is 0 Å². The highest BCUT2D eigenvalue weighted by Gasteiger charge is 2.34. The van der Waals surface area contributed by atoms with Gasteiger partial charge in [0.1, 0.15) is 5.02 Å². The smallest absolute Gasteiger partial charge is 0.319 e. The fraction of sp³-hybridized carbons (Fsp3) is 0.462. The quantitative estimate of drug-likeness (QED) is 0.587. The molecular weight excluding hydrogens is 298 g/mol. The lowest BCUT2D eigenvalue weighted by atomic mass is 9.99. The molecule has 1 aliphatic rings. The number of benzene rings is 1. The summed E-state index contributed by atoms with van der Waals surface area (Å²) in [7, 11) is 0. The second kappa shape index (κ2) is 6.28. The Kier molecular flexibility index (Phi) is 4.64. The number of amides is 2. The first-order chi connectivity index (χ1) is 9.96. The molecule has 1 aromatic carbocycles. The average Bonchev–Trinajstić information content (AvgIpc) is 2.89. The number of urea groups is 1. The van der Waals surface area contributed by atoms with Crippen LogP contribution < -0.4 is 10.6 Å². The Labute approximate surface area is 126 Å². The molecule has 0 aliphatic heterocycles. The molecule has 0 radical (unpaired) electrons. The van der Waals surface area contributed by atoms with Crippen molar-refractivity contribution >= 4 is 29.0 Å². The molecule has 0 saturated heterocycles. The first-order valence-corrected chi connectivity index (χ1v) is 6.97. The number of hydrogen-bond donors (Lipinski definition) is 3. The van der Waals surface area contributed by atoms with E-state index in [0.717, 1.165) is 25.7 Å². The number of nitro benzene ring substituents is 1. The predicted octanol–water partition coefficient (Wildman–Crippen LogP) is 2.67. The molecule has 21 heavy (non-hydrogen) atoms. The van der Waals surface area contributed by atoms with Crippen molar-refractivity contribution in [2.75, 3.05) is 11.9 Å². The van der Waals surface area contributed by atoms with Gasteiger partial charge in [-0.1, -0.05) is 24.4 Å². The van der Waals surface area contributed by atoms with E-state index in [0.29, 0.717) is 0 Å². The fourth-order valence-electron chi connectivity index (χ4n) is 2.51. The van der Waals surface area contributed by atoms with Gasteiger partial charge in [-0.25, -0.2) is 4.79 Å². The lowest BCUT2D eigenvalue weighted by Crippen LogP contribution is -2.50. The van der Waals surface area contributed by atoms with E-state index >= 15 is 0 Å². The minimum absolute atomic E-state index is 0.00794. The topological polar surface area (TPSA) is 104 Å². The van der Waals surface area contributed by atoms with Crippen LogP contribution in [-0.4, -0.2) is 28.2 Å². The summed E-state index contributed by atoms with van der Waals surface area (Å²) in [5, 5.41) is 25.5. The fourth-order valence-corrected chi connectivity index (χ4v) is 2.69.